The molecule has 3 heterocycles. The Morgan fingerprint density at radius 1 is 0.700 bits per heavy atom. The van der Waals surface area contributed by atoms with Crippen LogP contribution in [0, 0.1) is 0 Å². The molecule has 0 aliphatic heterocycles. The quantitative estimate of drug-likeness (QED) is 0.386. The number of hydrogen-bond donors (Lipinski definition) is 1. The van der Waals surface area contributed by atoms with Gasteiger partial charge in [0.15, 0.2) is 0 Å². The maximum atomic E-state index is 6.05. The Morgan fingerprint density at radius 2 is 1.53 bits per heavy atom. The number of anilines is 2. The van der Waals surface area contributed by atoms with Crippen LogP contribution in [0.4, 0.5) is 11.5 Å². The molecule has 0 spiro atoms. The number of para-hydroxylation sites is 1. The number of aromatic nitrogens is 3. The SMILES string of the molecule is c1cnc(Oc2ccc(Nc3ccc4ccccc4n3)cc2)c(-c2ccncc2)c1. The van der Waals surface area contributed by atoms with Crippen molar-refractivity contribution in [2.45, 2.75) is 0 Å². The highest BCUT2D eigenvalue weighted by molar-refractivity contribution is 5.80. The van der Waals surface area contributed by atoms with E-state index in [4.69, 9.17) is 4.74 Å². The largest absolute Gasteiger partial charge is 0.438 e. The van der Waals surface area contributed by atoms with Crippen LogP contribution in [0.2, 0.25) is 0 Å². The molecular formula is C25H18N4O. The van der Waals surface area contributed by atoms with Gasteiger partial charge < -0.3 is 10.1 Å². The second-order valence-corrected chi connectivity index (χ2v) is 6.73. The summed E-state index contributed by atoms with van der Waals surface area (Å²) in [5, 5.41) is 4.45. The number of benzene rings is 2. The van der Waals surface area contributed by atoms with Gasteiger partial charge in [-0.3, -0.25) is 4.98 Å². The van der Waals surface area contributed by atoms with Gasteiger partial charge in [-0.05, 0) is 72.3 Å². The molecule has 0 atom stereocenters. The Kier molecular flexibility index (Phi) is 4.76. The molecule has 0 fully saturated rings. The number of pyridine rings is 3. The van der Waals surface area contributed by atoms with Crippen LogP contribution < -0.4 is 10.1 Å². The van der Waals surface area contributed by atoms with Crippen molar-refractivity contribution in [3.63, 3.8) is 0 Å². The molecule has 0 unspecified atom stereocenters. The summed E-state index contributed by atoms with van der Waals surface area (Å²) in [6.45, 7) is 0. The highest BCUT2D eigenvalue weighted by Crippen LogP contribution is 2.31. The molecule has 5 rings (SSSR count). The van der Waals surface area contributed by atoms with Crippen LogP contribution >= 0.6 is 0 Å². The number of fused-ring (bicyclic) bond motifs is 1. The van der Waals surface area contributed by atoms with E-state index < -0.39 is 0 Å². The van der Waals surface area contributed by atoms with Crippen molar-refractivity contribution >= 4 is 22.4 Å². The van der Waals surface area contributed by atoms with Gasteiger partial charge in [0, 0.05) is 35.2 Å². The molecule has 0 saturated heterocycles. The van der Waals surface area contributed by atoms with E-state index in [-0.39, 0.29) is 0 Å². The number of nitrogens with one attached hydrogen (secondary N) is 1. The minimum Gasteiger partial charge on any atom is -0.438 e. The fourth-order valence-corrected chi connectivity index (χ4v) is 3.22. The van der Waals surface area contributed by atoms with Crippen molar-refractivity contribution in [1.29, 1.82) is 0 Å². The molecule has 5 nitrogen and oxygen atoms in total. The Bertz CT molecular complexity index is 1290. The summed E-state index contributed by atoms with van der Waals surface area (Å²) in [5.74, 6) is 2.06. The minimum absolute atomic E-state index is 0.556. The van der Waals surface area contributed by atoms with E-state index in [2.05, 4.69) is 32.4 Å². The van der Waals surface area contributed by atoms with Gasteiger partial charge in [-0.2, -0.15) is 0 Å². The van der Waals surface area contributed by atoms with Crippen molar-refractivity contribution < 1.29 is 4.74 Å². The first-order chi connectivity index (χ1) is 14.8. The number of hydrogen-bond acceptors (Lipinski definition) is 5. The molecule has 3 aromatic heterocycles. The van der Waals surface area contributed by atoms with Crippen molar-refractivity contribution in [3.8, 4) is 22.8 Å². The zero-order valence-electron chi connectivity index (χ0n) is 16.1. The van der Waals surface area contributed by atoms with Crippen molar-refractivity contribution in [2.75, 3.05) is 5.32 Å². The van der Waals surface area contributed by atoms with Gasteiger partial charge in [-0.15, -0.1) is 0 Å². The summed E-state index contributed by atoms with van der Waals surface area (Å²) in [5.41, 5.74) is 3.82. The lowest BCUT2D eigenvalue weighted by Gasteiger charge is -2.11. The first kappa shape index (κ1) is 17.8. The van der Waals surface area contributed by atoms with Gasteiger partial charge in [0.25, 0.3) is 0 Å². The second-order valence-electron chi connectivity index (χ2n) is 6.73. The maximum Gasteiger partial charge on any atom is 0.227 e. The standard InChI is InChI=1S/C25H18N4O/c1-2-6-23-19(4-1)7-12-24(29-23)28-20-8-10-21(11-9-20)30-25-22(5-3-15-27-25)18-13-16-26-17-14-18/h1-17H,(H,28,29). The van der Waals surface area contributed by atoms with E-state index in [1.807, 2.05) is 72.8 Å². The maximum absolute atomic E-state index is 6.05. The summed E-state index contributed by atoms with van der Waals surface area (Å²) in [7, 11) is 0. The highest BCUT2D eigenvalue weighted by Gasteiger charge is 2.08. The van der Waals surface area contributed by atoms with Gasteiger partial charge in [0.2, 0.25) is 5.88 Å². The Labute approximate surface area is 174 Å². The lowest BCUT2D eigenvalue weighted by molar-refractivity contribution is 0.465. The molecule has 30 heavy (non-hydrogen) atoms. The van der Waals surface area contributed by atoms with E-state index in [0.29, 0.717) is 11.6 Å². The van der Waals surface area contributed by atoms with Crippen molar-refractivity contribution in [1.82, 2.24) is 15.0 Å². The molecular weight excluding hydrogens is 372 g/mol. The first-order valence-electron chi connectivity index (χ1n) is 9.61. The van der Waals surface area contributed by atoms with Crippen LogP contribution in [0.1, 0.15) is 0 Å². The fourth-order valence-electron chi connectivity index (χ4n) is 3.22. The van der Waals surface area contributed by atoms with Crippen LogP contribution in [-0.2, 0) is 0 Å². The zero-order valence-corrected chi connectivity index (χ0v) is 16.1. The molecule has 2 aromatic carbocycles. The predicted molar refractivity (Wildman–Crippen MR) is 119 cm³/mol. The van der Waals surface area contributed by atoms with Crippen LogP contribution in [0.3, 0.4) is 0 Å². The van der Waals surface area contributed by atoms with Gasteiger partial charge in [0.1, 0.15) is 11.6 Å². The molecule has 0 saturated carbocycles. The third kappa shape index (κ3) is 3.82. The third-order valence-electron chi connectivity index (χ3n) is 4.70. The molecule has 0 bridgehead atoms. The molecule has 5 aromatic rings. The van der Waals surface area contributed by atoms with Gasteiger partial charge in [-0.25, -0.2) is 9.97 Å². The van der Waals surface area contributed by atoms with Crippen molar-refractivity contribution in [2.24, 2.45) is 0 Å². The summed E-state index contributed by atoms with van der Waals surface area (Å²) in [6, 6.07) is 27.6. The smallest absolute Gasteiger partial charge is 0.227 e. The molecule has 0 aliphatic rings. The lowest BCUT2D eigenvalue weighted by Crippen LogP contribution is -1.94. The number of nitrogens with zero attached hydrogens (tertiary/aromatic N) is 3. The van der Waals surface area contributed by atoms with E-state index in [1.165, 1.54) is 0 Å². The van der Waals surface area contributed by atoms with Gasteiger partial charge in [-0.1, -0.05) is 18.2 Å². The van der Waals surface area contributed by atoms with Crippen molar-refractivity contribution in [3.05, 3.63) is 104 Å². The monoisotopic (exact) mass is 390 g/mol. The second kappa shape index (κ2) is 8.01. The number of ether oxygens (including phenoxy) is 1. The molecule has 144 valence electrons. The average molecular weight is 390 g/mol. The summed E-state index contributed by atoms with van der Waals surface area (Å²) >= 11 is 0. The molecule has 0 amide bonds. The highest BCUT2D eigenvalue weighted by atomic mass is 16.5. The average Bonchev–Trinajstić information content (AvgIpc) is 2.81. The number of rotatable bonds is 5. The van der Waals surface area contributed by atoms with Gasteiger partial charge in [0.05, 0.1) is 5.52 Å². The summed E-state index contributed by atoms with van der Waals surface area (Å²) < 4.78 is 6.05. The lowest BCUT2D eigenvalue weighted by atomic mass is 10.1. The molecule has 1 N–H and O–H groups in total. The van der Waals surface area contributed by atoms with Gasteiger partial charge >= 0.3 is 0 Å². The van der Waals surface area contributed by atoms with E-state index in [9.17, 15) is 0 Å². The Morgan fingerprint density at radius 3 is 2.40 bits per heavy atom. The van der Waals surface area contributed by atoms with E-state index in [1.54, 1.807) is 18.6 Å². The molecule has 5 heteroatoms. The Hall–Kier alpha value is -4.25. The first-order valence-corrected chi connectivity index (χ1v) is 9.61. The fraction of sp³-hybridized carbons (Fsp3) is 0. The Balaban J connectivity index is 1.34. The van der Waals surface area contributed by atoms with Crippen LogP contribution in [0.25, 0.3) is 22.0 Å². The molecule has 0 radical (unpaired) electrons. The minimum atomic E-state index is 0.556. The third-order valence-corrected chi connectivity index (χ3v) is 4.70. The zero-order chi connectivity index (χ0) is 20.2. The molecule has 0 aliphatic carbocycles. The van der Waals surface area contributed by atoms with E-state index in [0.717, 1.165) is 33.5 Å². The van der Waals surface area contributed by atoms with Crippen LogP contribution in [0.5, 0.6) is 11.6 Å². The summed E-state index contributed by atoms with van der Waals surface area (Å²) in [6.07, 6.45) is 5.24. The topological polar surface area (TPSA) is 59.9 Å². The van der Waals surface area contributed by atoms with Crippen LogP contribution in [0.15, 0.2) is 104 Å². The normalized spacial score (nSPS) is 10.7. The predicted octanol–water partition coefficient (Wildman–Crippen LogP) is 6.23. The van der Waals surface area contributed by atoms with E-state index >= 15 is 0 Å². The van der Waals surface area contributed by atoms with Crippen LogP contribution in [-0.4, -0.2) is 15.0 Å². The summed E-state index contributed by atoms with van der Waals surface area (Å²) in [4.78, 5) is 13.1.